The second-order valence-electron chi connectivity index (χ2n) is 10.4. The van der Waals surface area contributed by atoms with Gasteiger partial charge in [-0.05, 0) is 25.1 Å². The first kappa shape index (κ1) is 31.7. The van der Waals surface area contributed by atoms with Crippen LogP contribution in [0.1, 0.15) is 6.92 Å². The van der Waals surface area contributed by atoms with E-state index >= 15 is 0 Å². The first-order valence-electron chi connectivity index (χ1n) is 13.4. The molecule has 0 radical (unpaired) electrons. The van der Waals surface area contributed by atoms with E-state index in [0.29, 0.717) is 0 Å². The monoisotopic (exact) mass is 624 g/mol. The molecule has 10 atom stereocenters. The molecule has 0 unspecified atom stereocenters. The molecule has 0 aliphatic carbocycles. The Morgan fingerprint density at radius 3 is 2.20 bits per heavy atom. The fourth-order valence-corrected chi connectivity index (χ4v) is 5.03. The van der Waals surface area contributed by atoms with E-state index in [1.54, 1.807) is 0 Å². The van der Waals surface area contributed by atoms with Crippen molar-refractivity contribution in [3.05, 3.63) is 40.6 Å². The molecule has 0 amide bonds. The van der Waals surface area contributed by atoms with Crippen molar-refractivity contribution in [2.75, 3.05) is 13.7 Å². The number of hydrogen-bond donors (Lipinski definition) is 9. The van der Waals surface area contributed by atoms with Crippen molar-refractivity contribution in [3.8, 4) is 40.1 Å². The minimum absolute atomic E-state index is 0.00106. The molecule has 0 spiro atoms. The summed E-state index contributed by atoms with van der Waals surface area (Å²) in [7, 11) is 1.32. The predicted molar refractivity (Wildman–Crippen MR) is 145 cm³/mol. The van der Waals surface area contributed by atoms with Gasteiger partial charge >= 0.3 is 0 Å². The van der Waals surface area contributed by atoms with Crippen molar-refractivity contribution in [3.63, 3.8) is 0 Å². The number of ether oxygens (including phenoxy) is 5. The second-order valence-corrected chi connectivity index (χ2v) is 10.4. The lowest BCUT2D eigenvalue weighted by atomic mass is 9.97. The van der Waals surface area contributed by atoms with Crippen molar-refractivity contribution in [1.82, 2.24) is 0 Å². The van der Waals surface area contributed by atoms with Crippen LogP contribution in [0.3, 0.4) is 0 Å². The van der Waals surface area contributed by atoms with Gasteiger partial charge in [0.1, 0.15) is 59.1 Å². The summed E-state index contributed by atoms with van der Waals surface area (Å²) < 4.78 is 33.7. The van der Waals surface area contributed by atoms with Crippen LogP contribution in [0.5, 0.6) is 28.7 Å². The van der Waals surface area contributed by atoms with Crippen LogP contribution in [0.25, 0.3) is 22.3 Å². The molecule has 3 aromatic rings. The summed E-state index contributed by atoms with van der Waals surface area (Å²) in [5.41, 5.74) is -1.14. The summed E-state index contributed by atoms with van der Waals surface area (Å²) in [6, 6.07) is 5.88. The number of aliphatic hydroxyl groups excluding tert-OH is 6. The van der Waals surface area contributed by atoms with Gasteiger partial charge in [0.2, 0.25) is 17.5 Å². The highest BCUT2D eigenvalue weighted by Gasteiger charge is 2.51. The second kappa shape index (κ2) is 12.4. The third kappa shape index (κ3) is 5.63. The number of rotatable bonds is 7. The van der Waals surface area contributed by atoms with E-state index in [1.807, 2.05) is 0 Å². The van der Waals surface area contributed by atoms with Gasteiger partial charge in [-0.3, -0.25) is 4.79 Å². The lowest BCUT2D eigenvalue weighted by molar-refractivity contribution is -0.354. The van der Waals surface area contributed by atoms with Gasteiger partial charge in [-0.15, -0.1) is 0 Å². The highest BCUT2D eigenvalue weighted by molar-refractivity contribution is 5.88. The fourth-order valence-electron chi connectivity index (χ4n) is 5.03. The number of fused-ring (bicyclic) bond motifs is 1. The Bertz CT molecular complexity index is 1560. The first-order chi connectivity index (χ1) is 20.9. The van der Waals surface area contributed by atoms with E-state index in [4.69, 9.17) is 28.1 Å². The molecule has 16 heteroatoms. The maximum absolute atomic E-state index is 13.9. The molecule has 44 heavy (non-hydrogen) atoms. The van der Waals surface area contributed by atoms with Gasteiger partial charge in [-0.2, -0.15) is 0 Å². The summed E-state index contributed by atoms with van der Waals surface area (Å²) in [5, 5.41) is 92.3. The summed E-state index contributed by atoms with van der Waals surface area (Å²) in [6.07, 6.45) is -16.5. The number of benzene rings is 2. The van der Waals surface area contributed by atoms with Crippen LogP contribution in [0.2, 0.25) is 0 Å². The lowest BCUT2D eigenvalue weighted by Gasteiger charge is -2.45. The Hall–Kier alpha value is -3.71. The van der Waals surface area contributed by atoms with Crippen LogP contribution in [-0.4, -0.2) is 121 Å². The Kier molecular flexibility index (Phi) is 8.90. The van der Waals surface area contributed by atoms with Gasteiger partial charge in [0, 0.05) is 17.7 Å². The fraction of sp³-hybridized carbons (Fsp3) is 0.464. The van der Waals surface area contributed by atoms with E-state index in [2.05, 4.69) is 0 Å². The van der Waals surface area contributed by atoms with Crippen LogP contribution in [0.4, 0.5) is 0 Å². The van der Waals surface area contributed by atoms with E-state index in [9.17, 15) is 50.8 Å². The Morgan fingerprint density at radius 2 is 1.55 bits per heavy atom. The SMILES string of the molecule is COc1cc(O)c2c(=O)c(O[C@@H]3O[C@H](CO)[C@@H](O)[C@H](O)[C@H]3O[C@@H]3O[C@@H](C)[C@H](O)[C@@H](O)[C@@H]3O)c(-c3ccc(O)c(O)c3)oc2c1. The zero-order chi connectivity index (χ0) is 32.0. The Labute approximate surface area is 248 Å². The average Bonchev–Trinajstić information content (AvgIpc) is 3.00. The van der Waals surface area contributed by atoms with E-state index in [0.717, 1.165) is 18.2 Å². The predicted octanol–water partition coefficient (Wildman–Crippen LogP) is -1.38. The number of aromatic hydroxyl groups is 3. The van der Waals surface area contributed by atoms with Gasteiger partial charge in [0.25, 0.3) is 0 Å². The summed E-state index contributed by atoms with van der Waals surface area (Å²) in [4.78, 5) is 13.9. The molecule has 2 aliphatic heterocycles. The van der Waals surface area contributed by atoms with Gasteiger partial charge in [0.15, 0.2) is 29.7 Å². The molecule has 0 bridgehead atoms. The quantitative estimate of drug-likeness (QED) is 0.137. The first-order valence-corrected chi connectivity index (χ1v) is 13.4. The van der Waals surface area contributed by atoms with E-state index in [1.165, 1.54) is 26.2 Å². The molecule has 0 saturated carbocycles. The normalized spacial score (nSPS) is 32.5. The minimum atomic E-state index is -1.90. The van der Waals surface area contributed by atoms with Gasteiger partial charge < -0.3 is 74.1 Å². The van der Waals surface area contributed by atoms with Crippen molar-refractivity contribution in [2.45, 2.75) is 68.3 Å². The van der Waals surface area contributed by atoms with Crippen molar-refractivity contribution >= 4 is 11.0 Å². The van der Waals surface area contributed by atoms with Crippen LogP contribution in [-0.2, 0) is 14.2 Å². The zero-order valence-corrected chi connectivity index (χ0v) is 23.3. The Morgan fingerprint density at radius 1 is 0.818 bits per heavy atom. The van der Waals surface area contributed by atoms with Crippen molar-refractivity contribution in [2.24, 2.45) is 0 Å². The maximum atomic E-state index is 13.9. The Balaban J connectivity index is 1.63. The molecule has 9 N–H and O–H groups in total. The van der Waals surface area contributed by atoms with Gasteiger partial charge in [-0.1, -0.05) is 0 Å². The van der Waals surface area contributed by atoms with Gasteiger partial charge in [0.05, 0.1) is 19.8 Å². The van der Waals surface area contributed by atoms with Gasteiger partial charge in [-0.25, -0.2) is 0 Å². The molecule has 2 fully saturated rings. The minimum Gasteiger partial charge on any atom is -0.507 e. The zero-order valence-electron chi connectivity index (χ0n) is 23.3. The molecular weight excluding hydrogens is 592 g/mol. The number of methoxy groups -OCH3 is 1. The third-order valence-corrected chi connectivity index (χ3v) is 7.54. The highest BCUT2D eigenvalue weighted by atomic mass is 16.8. The molecule has 1 aromatic heterocycles. The van der Waals surface area contributed by atoms with Crippen LogP contribution < -0.4 is 14.9 Å². The standard InChI is InChI=1S/C28H32O16/c1-9-18(33)21(36)23(38)27(40-9)44-26-22(37)19(34)16(8-29)42-28(26)43-25-20(35)17-14(32)6-11(39-2)7-15(17)41-24(25)10-3-4-12(30)13(31)5-10/h3-7,9,16,18-19,21-23,26-34,36-38H,8H2,1-2H3/t9-,16+,18-,19+,21+,22-,23-,26+,27-,28-/m0/s1. The maximum Gasteiger partial charge on any atom is 0.239 e. The van der Waals surface area contributed by atoms with Crippen LogP contribution in [0, 0.1) is 0 Å². The smallest absolute Gasteiger partial charge is 0.239 e. The molecule has 2 saturated heterocycles. The molecule has 5 rings (SSSR count). The van der Waals surface area contributed by atoms with Crippen molar-refractivity contribution < 1.29 is 74.1 Å². The summed E-state index contributed by atoms with van der Waals surface area (Å²) >= 11 is 0. The highest BCUT2D eigenvalue weighted by Crippen LogP contribution is 2.40. The van der Waals surface area contributed by atoms with Crippen molar-refractivity contribution in [1.29, 1.82) is 0 Å². The lowest BCUT2D eigenvalue weighted by Crippen LogP contribution is -2.64. The average molecular weight is 625 g/mol. The van der Waals surface area contributed by atoms with E-state index in [-0.39, 0.29) is 28.0 Å². The van der Waals surface area contributed by atoms with Crippen LogP contribution >= 0.6 is 0 Å². The summed E-state index contributed by atoms with van der Waals surface area (Å²) in [5.74, 6) is -2.51. The number of phenols is 3. The third-order valence-electron chi connectivity index (χ3n) is 7.54. The summed E-state index contributed by atoms with van der Waals surface area (Å²) in [6.45, 7) is 0.566. The van der Waals surface area contributed by atoms with E-state index < -0.39 is 96.4 Å². The molecule has 16 nitrogen and oxygen atoms in total. The molecule has 2 aromatic carbocycles. The molecular formula is C28H32O16. The molecule has 240 valence electrons. The number of phenolic OH excluding ortho intramolecular Hbond substituents is 3. The largest absolute Gasteiger partial charge is 0.507 e. The number of aliphatic hydroxyl groups is 6. The molecule has 3 heterocycles. The molecule has 2 aliphatic rings. The topological polar surface area (TPSA) is 258 Å². The number of hydrogen-bond acceptors (Lipinski definition) is 16. The van der Waals surface area contributed by atoms with Crippen LogP contribution in [0.15, 0.2) is 39.5 Å².